The fourth-order valence-electron chi connectivity index (χ4n) is 2.60. The molecule has 3 N–H and O–H groups in total. The number of anilines is 1. The van der Waals surface area contributed by atoms with Crippen LogP contribution in [0.5, 0.6) is 0 Å². The number of nitrogens with two attached hydrogens (primary N) is 1. The third-order valence-electron chi connectivity index (χ3n) is 3.77. The Kier molecular flexibility index (Phi) is 4.02. The zero-order valence-electron chi connectivity index (χ0n) is 10.8. The van der Waals surface area contributed by atoms with Crippen molar-refractivity contribution in [3.63, 3.8) is 0 Å². The van der Waals surface area contributed by atoms with Crippen LogP contribution in [0.3, 0.4) is 0 Å². The third kappa shape index (κ3) is 2.79. The maximum atomic E-state index is 5.87. The van der Waals surface area contributed by atoms with Crippen molar-refractivity contribution in [2.24, 2.45) is 11.7 Å². The highest BCUT2D eigenvalue weighted by Gasteiger charge is 2.24. The average Bonchev–Trinajstić information content (AvgIpc) is 2.39. The molecule has 0 radical (unpaired) electrons. The van der Waals surface area contributed by atoms with Gasteiger partial charge in [-0.1, -0.05) is 12.1 Å². The topological polar surface area (TPSA) is 41.3 Å². The highest BCUT2D eigenvalue weighted by Crippen LogP contribution is 2.29. The molecule has 1 saturated heterocycles. The zero-order chi connectivity index (χ0) is 12.3. The summed E-state index contributed by atoms with van der Waals surface area (Å²) in [5, 5.41) is 3.47. The monoisotopic (exact) mass is 233 g/mol. The van der Waals surface area contributed by atoms with Gasteiger partial charge in [0.05, 0.1) is 0 Å². The minimum atomic E-state index is 0.574. The lowest BCUT2D eigenvalue weighted by Gasteiger charge is -2.32. The lowest BCUT2D eigenvalue weighted by atomic mass is 9.81. The Hall–Kier alpha value is -1.06. The summed E-state index contributed by atoms with van der Waals surface area (Å²) in [4.78, 5) is 2.13. The van der Waals surface area contributed by atoms with Gasteiger partial charge in [0, 0.05) is 32.2 Å². The van der Waals surface area contributed by atoms with Crippen LogP contribution in [0.1, 0.15) is 17.9 Å². The first-order valence-electron chi connectivity index (χ1n) is 6.40. The van der Waals surface area contributed by atoms with Gasteiger partial charge in [0.25, 0.3) is 0 Å². The molecule has 2 unspecified atom stereocenters. The summed E-state index contributed by atoms with van der Waals surface area (Å²) in [5.41, 5.74) is 8.54. The summed E-state index contributed by atoms with van der Waals surface area (Å²) in [6, 6.07) is 8.88. The van der Waals surface area contributed by atoms with E-state index in [1.807, 2.05) is 0 Å². The molecule has 2 rings (SSSR count). The molecule has 3 heteroatoms. The molecule has 0 saturated carbocycles. The van der Waals surface area contributed by atoms with E-state index in [0.29, 0.717) is 11.8 Å². The molecule has 94 valence electrons. The van der Waals surface area contributed by atoms with Crippen LogP contribution < -0.4 is 16.0 Å². The highest BCUT2D eigenvalue weighted by molar-refractivity contribution is 5.46. The van der Waals surface area contributed by atoms with E-state index in [0.717, 1.165) is 19.6 Å². The summed E-state index contributed by atoms with van der Waals surface area (Å²) < 4.78 is 0. The second kappa shape index (κ2) is 5.52. The molecule has 1 aromatic carbocycles. The van der Waals surface area contributed by atoms with Gasteiger partial charge in [-0.3, -0.25) is 0 Å². The molecule has 17 heavy (non-hydrogen) atoms. The second-order valence-corrected chi connectivity index (χ2v) is 5.08. The number of nitrogens with zero attached hydrogens (tertiary/aromatic N) is 1. The van der Waals surface area contributed by atoms with Crippen LogP contribution >= 0.6 is 0 Å². The van der Waals surface area contributed by atoms with Crippen molar-refractivity contribution in [1.29, 1.82) is 0 Å². The van der Waals surface area contributed by atoms with Gasteiger partial charge in [0.1, 0.15) is 0 Å². The summed E-state index contributed by atoms with van der Waals surface area (Å²) in [7, 11) is 4.14. The molecule has 3 nitrogen and oxygen atoms in total. The largest absolute Gasteiger partial charge is 0.378 e. The van der Waals surface area contributed by atoms with Gasteiger partial charge >= 0.3 is 0 Å². The van der Waals surface area contributed by atoms with Crippen molar-refractivity contribution in [3.05, 3.63) is 29.8 Å². The first-order valence-corrected chi connectivity index (χ1v) is 6.40. The lowest BCUT2D eigenvalue weighted by molar-refractivity contribution is 0.331. The van der Waals surface area contributed by atoms with Gasteiger partial charge in [0.2, 0.25) is 0 Å². The number of rotatable bonds is 3. The van der Waals surface area contributed by atoms with Gasteiger partial charge in [-0.25, -0.2) is 0 Å². The van der Waals surface area contributed by atoms with Gasteiger partial charge in [0.15, 0.2) is 0 Å². The Morgan fingerprint density at radius 3 is 2.59 bits per heavy atom. The van der Waals surface area contributed by atoms with Crippen LogP contribution in [0, 0.1) is 5.92 Å². The fourth-order valence-corrected chi connectivity index (χ4v) is 2.60. The van der Waals surface area contributed by atoms with E-state index >= 15 is 0 Å². The summed E-state index contributed by atoms with van der Waals surface area (Å²) in [6.45, 7) is 2.96. The number of benzene rings is 1. The zero-order valence-corrected chi connectivity index (χ0v) is 10.8. The smallest absolute Gasteiger partial charge is 0.0361 e. The van der Waals surface area contributed by atoms with Crippen molar-refractivity contribution in [3.8, 4) is 0 Å². The molecular weight excluding hydrogens is 210 g/mol. The van der Waals surface area contributed by atoms with Crippen LogP contribution in [0.2, 0.25) is 0 Å². The van der Waals surface area contributed by atoms with Crippen molar-refractivity contribution < 1.29 is 0 Å². The van der Waals surface area contributed by atoms with E-state index in [4.69, 9.17) is 5.73 Å². The van der Waals surface area contributed by atoms with E-state index in [9.17, 15) is 0 Å². The van der Waals surface area contributed by atoms with Crippen molar-refractivity contribution in [1.82, 2.24) is 5.32 Å². The third-order valence-corrected chi connectivity index (χ3v) is 3.77. The maximum absolute atomic E-state index is 5.87. The van der Waals surface area contributed by atoms with Crippen LogP contribution in [0.4, 0.5) is 5.69 Å². The standard InChI is InChI=1S/C14H23N3/c1-17(2)13-5-3-11(4-6-13)14-10-16-8-7-12(14)9-15/h3-6,12,14,16H,7-10,15H2,1-2H3. The molecule has 0 aliphatic carbocycles. The Morgan fingerprint density at radius 1 is 1.29 bits per heavy atom. The van der Waals surface area contributed by atoms with Gasteiger partial charge in [-0.05, 0) is 43.1 Å². The van der Waals surface area contributed by atoms with Crippen molar-refractivity contribution in [2.45, 2.75) is 12.3 Å². The van der Waals surface area contributed by atoms with Crippen LogP contribution in [-0.2, 0) is 0 Å². The number of nitrogens with one attached hydrogen (secondary N) is 1. The number of hydrogen-bond acceptors (Lipinski definition) is 3. The average molecular weight is 233 g/mol. The number of hydrogen-bond donors (Lipinski definition) is 2. The number of piperidine rings is 1. The Bertz CT molecular complexity index is 345. The normalized spacial score (nSPS) is 24.6. The second-order valence-electron chi connectivity index (χ2n) is 5.08. The quantitative estimate of drug-likeness (QED) is 0.829. The van der Waals surface area contributed by atoms with E-state index in [-0.39, 0.29) is 0 Å². The van der Waals surface area contributed by atoms with Crippen molar-refractivity contribution in [2.75, 3.05) is 38.6 Å². The Balaban J connectivity index is 2.15. The molecule has 1 heterocycles. The summed E-state index contributed by atoms with van der Waals surface area (Å²) in [6.07, 6.45) is 1.19. The predicted octanol–water partition coefficient (Wildman–Crippen LogP) is 1.40. The molecule has 0 bridgehead atoms. The Morgan fingerprint density at radius 2 is 2.00 bits per heavy atom. The van der Waals surface area contributed by atoms with Crippen LogP contribution in [-0.4, -0.2) is 33.7 Å². The van der Waals surface area contributed by atoms with E-state index in [2.05, 4.69) is 48.6 Å². The van der Waals surface area contributed by atoms with E-state index < -0.39 is 0 Å². The molecule has 1 fully saturated rings. The fraction of sp³-hybridized carbons (Fsp3) is 0.571. The predicted molar refractivity (Wildman–Crippen MR) is 73.5 cm³/mol. The van der Waals surface area contributed by atoms with E-state index in [1.54, 1.807) is 0 Å². The molecular formula is C14H23N3. The molecule has 1 aromatic rings. The first-order chi connectivity index (χ1) is 8.22. The van der Waals surface area contributed by atoms with Gasteiger partial charge in [-0.2, -0.15) is 0 Å². The van der Waals surface area contributed by atoms with Gasteiger partial charge in [-0.15, -0.1) is 0 Å². The van der Waals surface area contributed by atoms with Crippen LogP contribution in [0.25, 0.3) is 0 Å². The SMILES string of the molecule is CN(C)c1ccc(C2CNCCC2CN)cc1. The van der Waals surface area contributed by atoms with Crippen molar-refractivity contribution >= 4 is 5.69 Å². The minimum absolute atomic E-state index is 0.574. The molecule has 0 spiro atoms. The highest BCUT2D eigenvalue weighted by atomic mass is 15.1. The molecule has 1 aliphatic heterocycles. The molecule has 0 amide bonds. The maximum Gasteiger partial charge on any atom is 0.0361 e. The molecule has 2 atom stereocenters. The first kappa shape index (κ1) is 12.4. The van der Waals surface area contributed by atoms with Crippen LogP contribution in [0.15, 0.2) is 24.3 Å². The van der Waals surface area contributed by atoms with E-state index in [1.165, 1.54) is 17.7 Å². The molecule has 0 aromatic heterocycles. The Labute approximate surface area is 104 Å². The summed E-state index contributed by atoms with van der Waals surface area (Å²) in [5.74, 6) is 1.20. The van der Waals surface area contributed by atoms with Gasteiger partial charge < -0.3 is 16.0 Å². The molecule has 1 aliphatic rings. The lowest BCUT2D eigenvalue weighted by Crippen LogP contribution is -2.38. The summed E-state index contributed by atoms with van der Waals surface area (Å²) >= 11 is 0. The minimum Gasteiger partial charge on any atom is -0.378 e.